The topological polar surface area (TPSA) is 117 Å². The average molecular weight is 213 g/mol. The molecule has 0 heterocycles. The molecule has 1 unspecified atom stereocenters. The van der Waals surface area contributed by atoms with E-state index in [2.05, 4.69) is 10.3 Å². The van der Waals surface area contributed by atoms with Gasteiger partial charge in [0.25, 0.3) is 0 Å². The number of guanidine groups is 1. The Balaban J connectivity index is 3.92. The van der Waals surface area contributed by atoms with E-state index in [4.69, 9.17) is 16.9 Å². The fourth-order valence-corrected chi connectivity index (χ4v) is 1.14. The van der Waals surface area contributed by atoms with Crippen LogP contribution in [0.2, 0.25) is 0 Å². The Bertz CT molecular complexity index is 257. The van der Waals surface area contributed by atoms with Crippen molar-refractivity contribution in [2.75, 3.05) is 6.54 Å². The number of nitrogens with one attached hydrogen (secondary N) is 2. The lowest BCUT2D eigenvalue weighted by molar-refractivity contribution is -0.118. The summed E-state index contributed by atoms with van der Waals surface area (Å²) in [7, 11) is 0. The zero-order chi connectivity index (χ0) is 11.8. The van der Waals surface area contributed by atoms with Gasteiger partial charge in [-0.1, -0.05) is 0 Å². The molecule has 0 rings (SSSR count). The average Bonchev–Trinajstić information content (AvgIpc) is 2.08. The molecule has 0 aliphatic carbocycles. The first-order chi connectivity index (χ1) is 6.93. The summed E-state index contributed by atoms with van der Waals surface area (Å²) in [5, 5.41) is 10.0. The number of nitrogens with zero attached hydrogens (tertiary/aromatic N) is 1. The molecule has 0 aromatic rings. The first kappa shape index (κ1) is 13.4. The van der Waals surface area contributed by atoms with Gasteiger partial charge >= 0.3 is 0 Å². The van der Waals surface area contributed by atoms with E-state index in [1.54, 1.807) is 6.92 Å². The van der Waals surface area contributed by atoms with Gasteiger partial charge in [0.05, 0.1) is 11.9 Å². The van der Waals surface area contributed by atoms with Crippen LogP contribution in [-0.4, -0.2) is 30.2 Å². The minimum atomic E-state index is -0.309. The summed E-state index contributed by atoms with van der Waals surface area (Å²) in [6.45, 7) is 3.61. The molecule has 0 saturated carbocycles. The van der Waals surface area contributed by atoms with Crippen molar-refractivity contribution in [2.24, 2.45) is 16.5 Å². The van der Waals surface area contributed by atoms with E-state index in [0.29, 0.717) is 19.4 Å². The molecule has 0 spiro atoms. The molecule has 86 valence electrons. The van der Waals surface area contributed by atoms with Gasteiger partial charge in [0, 0.05) is 6.54 Å². The Morgan fingerprint density at radius 3 is 2.47 bits per heavy atom. The molecule has 0 aliphatic rings. The van der Waals surface area contributed by atoms with Crippen molar-refractivity contribution in [3.05, 3.63) is 0 Å². The highest BCUT2D eigenvalue weighted by Crippen LogP contribution is 1.99. The third-order valence-corrected chi connectivity index (χ3v) is 1.83. The fraction of sp³-hybridized carbons (Fsp3) is 0.667. The molecule has 0 aromatic heterocycles. The molecule has 1 atom stereocenters. The van der Waals surface area contributed by atoms with Gasteiger partial charge in [0.1, 0.15) is 0 Å². The smallest absolute Gasteiger partial charge is 0.185 e. The third-order valence-electron chi connectivity index (χ3n) is 1.83. The summed E-state index contributed by atoms with van der Waals surface area (Å²) in [4.78, 5) is 15.0. The van der Waals surface area contributed by atoms with E-state index in [-0.39, 0.29) is 23.6 Å². The largest absolute Gasteiger partial charge is 0.370 e. The number of hydrogen-bond donors (Lipinski definition) is 4. The molecule has 0 amide bonds. The minimum absolute atomic E-state index is 0.0197. The van der Waals surface area contributed by atoms with Gasteiger partial charge in [-0.2, -0.15) is 0 Å². The summed E-state index contributed by atoms with van der Waals surface area (Å²) in [6.07, 6.45) is 1.34. The van der Waals surface area contributed by atoms with Crippen molar-refractivity contribution in [2.45, 2.75) is 32.7 Å². The summed E-state index contributed by atoms with van der Waals surface area (Å²) in [5.41, 5.74) is 10.3. The lowest BCUT2D eigenvalue weighted by Crippen LogP contribution is -2.38. The first-order valence-corrected chi connectivity index (χ1v) is 4.81. The lowest BCUT2D eigenvalue weighted by atomic mass is 10.1. The molecular weight excluding hydrogens is 194 g/mol. The van der Waals surface area contributed by atoms with Crippen LogP contribution in [0.5, 0.6) is 0 Å². The molecule has 15 heavy (non-hydrogen) atoms. The molecule has 0 radical (unpaired) electrons. The monoisotopic (exact) mass is 213 g/mol. The van der Waals surface area contributed by atoms with Gasteiger partial charge in [-0.05, 0) is 26.7 Å². The maximum Gasteiger partial charge on any atom is 0.185 e. The summed E-state index contributed by atoms with van der Waals surface area (Å²) < 4.78 is 0. The quantitative estimate of drug-likeness (QED) is 0.272. The van der Waals surface area contributed by atoms with Gasteiger partial charge in [-0.25, -0.2) is 0 Å². The van der Waals surface area contributed by atoms with E-state index in [9.17, 15) is 4.79 Å². The lowest BCUT2D eigenvalue weighted by Gasteiger charge is -2.15. The van der Waals surface area contributed by atoms with Crippen LogP contribution in [0.25, 0.3) is 0 Å². The highest BCUT2D eigenvalue weighted by atomic mass is 16.1. The zero-order valence-corrected chi connectivity index (χ0v) is 9.21. The molecule has 0 bridgehead atoms. The highest BCUT2D eigenvalue weighted by Gasteiger charge is 2.12. The molecular formula is C9H19N5O. The first-order valence-electron chi connectivity index (χ1n) is 4.81. The number of Topliss-reactive ketones (excluding diaryl/α,β-unsaturated/α-hetero) is 1. The van der Waals surface area contributed by atoms with Crippen LogP contribution < -0.4 is 16.8 Å². The number of aliphatic imine (C=N–C) groups is 1. The Labute approximate surface area is 89.6 Å². The SMILES string of the molecule is CC(=N)NC(CCCN=C(N)N)C(C)=O. The van der Waals surface area contributed by atoms with Gasteiger partial charge in [-0.3, -0.25) is 15.2 Å². The molecule has 0 aliphatic heterocycles. The Kier molecular flexibility index (Phi) is 6.08. The third kappa shape index (κ3) is 7.48. The van der Waals surface area contributed by atoms with Crippen LogP contribution in [0, 0.1) is 5.41 Å². The van der Waals surface area contributed by atoms with E-state index < -0.39 is 0 Å². The van der Waals surface area contributed by atoms with Gasteiger partial charge < -0.3 is 16.8 Å². The molecule has 0 saturated heterocycles. The summed E-state index contributed by atoms with van der Waals surface area (Å²) in [6, 6.07) is -0.309. The molecule has 6 N–H and O–H groups in total. The Morgan fingerprint density at radius 2 is 2.07 bits per heavy atom. The standard InChI is InChI=1S/C9H19N5O/c1-6(15)8(14-7(2)10)4-3-5-13-9(11)12/h8H,3-5H2,1-2H3,(H2,10,14)(H4,11,12,13). The van der Waals surface area contributed by atoms with Crippen LogP contribution in [0.15, 0.2) is 4.99 Å². The van der Waals surface area contributed by atoms with Crippen LogP contribution in [0.4, 0.5) is 0 Å². The van der Waals surface area contributed by atoms with Crippen molar-refractivity contribution in [1.82, 2.24) is 5.32 Å². The van der Waals surface area contributed by atoms with E-state index in [1.165, 1.54) is 6.92 Å². The van der Waals surface area contributed by atoms with E-state index >= 15 is 0 Å². The van der Waals surface area contributed by atoms with Gasteiger partial charge in [0.2, 0.25) is 0 Å². The van der Waals surface area contributed by atoms with Crippen molar-refractivity contribution < 1.29 is 4.79 Å². The van der Waals surface area contributed by atoms with Crippen molar-refractivity contribution >= 4 is 17.6 Å². The van der Waals surface area contributed by atoms with Crippen LogP contribution >= 0.6 is 0 Å². The van der Waals surface area contributed by atoms with Gasteiger partial charge in [0.15, 0.2) is 11.7 Å². The predicted molar refractivity (Wildman–Crippen MR) is 60.9 cm³/mol. The number of hydrogen-bond acceptors (Lipinski definition) is 3. The van der Waals surface area contributed by atoms with Crippen LogP contribution in [-0.2, 0) is 4.79 Å². The second-order valence-electron chi connectivity index (χ2n) is 3.38. The number of amidine groups is 1. The zero-order valence-electron chi connectivity index (χ0n) is 9.21. The maximum atomic E-state index is 11.2. The van der Waals surface area contributed by atoms with Gasteiger partial charge in [-0.15, -0.1) is 0 Å². The minimum Gasteiger partial charge on any atom is -0.370 e. The van der Waals surface area contributed by atoms with E-state index in [0.717, 1.165) is 0 Å². The number of carbonyl (C=O) groups excluding carboxylic acids is 1. The Hall–Kier alpha value is -1.59. The number of carbonyl (C=O) groups is 1. The van der Waals surface area contributed by atoms with E-state index in [1.807, 2.05) is 0 Å². The van der Waals surface area contributed by atoms with Crippen molar-refractivity contribution in [3.8, 4) is 0 Å². The maximum absolute atomic E-state index is 11.2. The van der Waals surface area contributed by atoms with Crippen LogP contribution in [0.3, 0.4) is 0 Å². The van der Waals surface area contributed by atoms with Crippen molar-refractivity contribution in [1.29, 1.82) is 5.41 Å². The second-order valence-corrected chi connectivity index (χ2v) is 3.38. The number of rotatable bonds is 6. The molecule has 6 nitrogen and oxygen atoms in total. The normalized spacial score (nSPS) is 11.6. The fourth-order valence-electron chi connectivity index (χ4n) is 1.14. The van der Waals surface area contributed by atoms with Crippen LogP contribution in [0.1, 0.15) is 26.7 Å². The second kappa shape index (κ2) is 6.80. The summed E-state index contributed by atoms with van der Waals surface area (Å²) >= 11 is 0. The van der Waals surface area contributed by atoms with Crippen molar-refractivity contribution in [3.63, 3.8) is 0 Å². The number of nitrogens with two attached hydrogens (primary N) is 2. The molecule has 0 fully saturated rings. The predicted octanol–water partition coefficient (Wildman–Crippen LogP) is -0.416. The number of ketones is 1. The summed E-state index contributed by atoms with van der Waals surface area (Å²) in [5.74, 6) is 0.369. The molecule has 6 heteroatoms. The molecule has 0 aromatic carbocycles. The highest BCUT2D eigenvalue weighted by molar-refractivity contribution is 5.87. The Morgan fingerprint density at radius 1 is 1.47 bits per heavy atom.